The van der Waals surface area contributed by atoms with Crippen molar-refractivity contribution in [3.8, 4) is 0 Å². The van der Waals surface area contributed by atoms with E-state index in [-0.39, 0.29) is 50.3 Å². The normalized spacial score (nSPS) is 27.2. The summed E-state index contributed by atoms with van der Waals surface area (Å²) in [4.78, 5) is 39.3. The minimum Gasteiger partial charge on any atom is -0.329 e. The van der Waals surface area contributed by atoms with Crippen LogP contribution in [0.25, 0.3) is 0 Å². The van der Waals surface area contributed by atoms with Crippen LogP contribution in [0.1, 0.15) is 40.7 Å². The Labute approximate surface area is 160 Å². The molecule has 1 aromatic carbocycles. The SMILES string of the molecule is NC[C@@H]1CC(F)(F)CN1Cc1ccc2c(c1)CN(C1CCC(=O)NC1=O)C2=O. The van der Waals surface area contributed by atoms with Gasteiger partial charge < -0.3 is 10.6 Å². The average Bonchev–Trinajstić information content (AvgIpc) is 3.10. The maximum atomic E-state index is 13.7. The molecule has 0 spiro atoms. The molecule has 4 rings (SSSR count). The van der Waals surface area contributed by atoms with Crippen LogP contribution >= 0.6 is 0 Å². The van der Waals surface area contributed by atoms with Crippen LogP contribution in [0.2, 0.25) is 0 Å². The molecule has 0 radical (unpaired) electrons. The summed E-state index contributed by atoms with van der Waals surface area (Å²) in [5.74, 6) is -3.77. The van der Waals surface area contributed by atoms with Crippen molar-refractivity contribution in [2.24, 2.45) is 5.73 Å². The van der Waals surface area contributed by atoms with Crippen molar-refractivity contribution in [1.29, 1.82) is 0 Å². The molecule has 2 fully saturated rings. The van der Waals surface area contributed by atoms with Gasteiger partial charge in [-0.05, 0) is 23.6 Å². The number of nitrogens with one attached hydrogen (secondary N) is 1. The van der Waals surface area contributed by atoms with Crippen molar-refractivity contribution in [2.45, 2.75) is 50.4 Å². The number of halogens is 2. The van der Waals surface area contributed by atoms with E-state index in [4.69, 9.17) is 5.73 Å². The number of nitrogens with two attached hydrogens (primary N) is 1. The second kappa shape index (κ2) is 6.89. The Kier molecular flexibility index (Phi) is 4.67. The van der Waals surface area contributed by atoms with Crippen LogP contribution in [0.4, 0.5) is 8.78 Å². The van der Waals surface area contributed by atoms with Gasteiger partial charge in [-0.2, -0.15) is 0 Å². The van der Waals surface area contributed by atoms with Crippen LogP contribution in [0.15, 0.2) is 18.2 Å². The Morgan fingerprint density at radius 1 is 1.25 bits per heavy atom. The first-order valence-corrected chi connectivity index (χ1v) is 9.36. The lowest BCUT2D eigenvalue weighted by Gasteiger charge is -2.29. The fraction of sp³-hybridized carbons (Fsp3) is 0.526. The molecular formula is C19H22F2N4O3. The Morgan fingerprint density at radius 2 is 2.04 bits per heavy atom. The first-order chi connectivity index (χ1) is 13.3. The lowest BCUT2D eigenvalue weighted by molar-refractivity contribution is -0.136. The number of amides is 3. The lowest BCUT2D eigenvalue weighted by Crippen LogP contribution is -2.52. The molecule has 1 aromatic rings. The molecule has 3 aliphatic rings. The van der Waals surface area contributed by atoms with Gasteiger partial charge in [0.2, 0.25) is 11.8 Å². The van der Waals surface area contributed by atoms with Crippen molar-refractivity contribution in [1.82, 2.24) is 15.1 Å². The molecule has 0 aromatic heterocycles. The summed E-state index contributed by atoms with van der Waals surface area (Å²) in [5, 5.41) is 2.27. The average molecular weight is 392 g/mol. The standard InChI is InChI=1S/C19H22F2N4O3/c20-19(21)6-13(7-22)24(10-19)8-11-1-2-14-12(5-11)9-25(18(14)28)15-3-4-16(26)23-17(15)27/h1-2,5,13,15H,3-4,6-10,22H2,(H,23,26,27)/t13-,15?/m0/s1. The molecule has 0 bridgehead atoms. The maximum absolute atomic E-state index is 13.7. The number of nitrogens with zero attached hydrogens (tertiary/aromatic N) is 2. The minimum atomic E-state index is -2.74. The van der Waals surface area contributed by atoms with Crippen molar-refractivity contribution in [3.63, 3.8) is 0 Å². The van der Waals surface area contributed by atoms with Crippen molar-refractivity contribution in [2.75, 3.05) is 13.1 Å². The minimum absolute atomic E-state index is 0.169. The van der Waals surface area contributed by atoms with Crippen LogP contribution in [0.3, 0.4) is 0 Å². The van der Waals surface area contributed by atoms with Crippen LogP contribution in [0, 0.1) is 0 Å². The van der Waals surface area contributed by atoms with E-state index in [0.717, 1.165) is 11.1 Å². The zero-order chi connectivity index (χ0) is 20.1. The maximum Gasteiger partial charge on any atom is 0.262 e. The Balaban J connectivity index is 1.50. The highest BCUT2D eigenvalue weighted by atomic mass is 19.3. The smallest absolute Gasteiger partial charge is 0.262 e. The van der Waals surface area contributed by atoms with Gasteiger partial charge in [0.1, 0.15) is 6.04 Å². The van der Waals surface area contributed by atoms with E-state index in [0.29, 0.717) is 18.5 Å². The molecule has 3 heterocycles. The Morgan fingerprint density at radius 3 is 2.75 bits per heavy atom. The van der Waals surface area contributed by atoms with Crippen molar-refractivity contribution in [3.05, 3.63) is 34.9 Å². The fourth-order valence-electron chi connectivity index (χ4n) is 4.34. The van der Waals surface area contributed by atoms with Crippen LogP contribution in [-0.2, 0) is 22.7 Å². The van der Waals surface area contributed by atoms with E-state index in [1.165, 1.54) is 4.90 Å². The number of carbonyl (C=O) groups excluding carboxylic acids is 3. The summed E-state index contributed by atoms with van der Waals surface area (Å²) >= 11 is 0. The molecule has 2 saturated heterocycles. The summed E-state index contributed by atoms with van der Waals surface area (Å²) in [7, 11) is 0. The van der Waals surface area contributed by atoms with E-state index in [1.54, 1.807) is 17.0 Å². The van der Waals surface area contributed by atoms with Gasteiger partial charge in [0.25, 0.3) is 11.8 Å². The zero-order valence-corrected chi connectivity index (χ0v) is 15.3. The predicted octanol–water partition coefficient (Wildman–Crippen LogP) is 0.616. The summed E-state index contributed by atoms with van der Waals surface area (Å²) in [6.45, 7) is 0.442. The number of carbonyl (C=O) groups is 3. The van der Waals surface area contributed by atoms with E-state index in [1.807, 2.05) is 6.07 Å². The van der Waals surface area contributed by atoms with Crippen LogP contribution < -0.4 is 11.1 Å². The number of rotatable bonds is 4. The molecule has 3 N–H and O–H groups in total. The van der Waals surface area contributed by atoms with Crippen molar-refractivity contribution >= 4 is 17.7 Å². The quantitative estimate of drug-likeness (QED) is 0.733. The van der Waals surface area contributed by atoms with E-state index in [9.17, 15) is 23.2 Å². The molecule has 3 amide bonds. The number of imide groups is 1. The van der Waals surface area contributed by atoms with Gasteiger partial charge in [0.05, 0.1) is 6.54 Å². The number of hydrogen-bond donors (Lipinski definition) is 2. The second-order valence-corrected chi connectivity index (χ2v) is 7.75. The van der Waals surface area contributed by atoms with Gasteiger partial charge in [-0.15, -0.1) is 0 Å². The van der Waals surface area contributed by atoms with Gasteiger partial charge in [-0.3, -0.25) is 24.6 Å². The Bertz CT molecular complexity index is 844. The van der Waals surface area contributed by atoms with Gasteiger partial charge in [0, 0.05) is 44.1 Å². The number of hydrogen-bond acceptors (Lipinski definition) is 5. The van der Waals surface area contributed by atoms with Gasteiger partial charge in [-0.1, -0.05) is 12.1 Å². The zero-order valence-electron chi connectivity index (χ0n) is 15.3. The number of piperidine rings is 1. The molecule has 150 valence electrons. The number of fused-ring (bicyclic) bond motifs is 1. The molecule has 28 heavy (non-hydrogen) atoms. The fourth-order valence-corrected chi connectivity index (χ4v) is 4.34. The molecule has 9 heteroatoms. The summed E-state index contributed by atoms with van der Waals surface area (Å²) < 4.78 is 27.4. The third kappa shape index (κ3) is 3.40. The summed E-state index contributed by atoms with van der Waals surface area (Å²) in [5.41, 5.74) is 7.75. The Hall–Kier alpha value is -2.39. The molecule has 7 nitrogen and oxygen atoms in total. The lowest BCUT2D eigenvalue weighted by atomic mass is 10.0. The highest BCUT2D eigenvalue weighted by molar-refractivity contribution is 6.05. The largest absolute Gasteiger partial charge is 0.329 e. The van der Waals surface area contributed by atoms with Crippen LogP contribution in [0.5, 0.6) is 0 Å². The second-order valence-electron chi connectivity index (χ2n) is 7.75. The van der Waals surface area contributed by atoms with E-state index >= 15 is 0 Å². The molecular weight excluding hydrogens is 370 g/mol. The predicted molar refractivity (Wildman–Crippen MR) is 95.3 cm³/mol. The third-order valence-corrected chi connectivity index (χ3v) is 5.73. The molecule has 2 atom stereocenters. The van der Waals surface area contributed by atoms with E-state index in [2.05, 4.69) is 5.32 Å². The monoisotopic (exact) mass is 392 g/mol. The number of alkyl halides is 2. The summed E-state index contributed by atoms with van der Waals surface area (Å²) in [6, 6.07) is 4.24. The number of benzene rings is 1. The van der Waals surface area contributed by atoms with E-state index < -0.39 is 17.9 Å². The topological polar surface area (TPSA) is 95.7 Å². The van der Waals surface area contributed by atoms with Gasteiger partial charge >= 0.3 is 0 Å². The van der Waals surface area contributed by atoms with Gasteiger partial charge in [0.15, 0.2) is 0 Å². The third-order valence-electron chi connectivity index (χ3n) is 5.73. The first-order valence-electron chi connectivity index (χ1n) is 9.36. The van der Waals surface area contributed by atoms with Crippen molar-refractivity contribution < 1.29 is 23.2 Å². The van der Waals surface area contributed by atoms with Crippen LogP contribution in [-0.4, -0.2) is 58.6 Å². The van der Waals surface area contributed by atoms with Gasteiger partial charge in [-0.25, -0.2) is 8.78 Å². The highest BCUT2D eigenvalue weighted by Crippen LogP contribution is 2.33. The molecule has 0 saturated carbocycles. The molecule has 0 aliphatic carbocycles. The molecule has 3 aliphatic heterocycles. The summed E-state index contributed by atoms with van der Waals surface area (Å²) in [6.07, 6.45) is 0.264. The number of likely N-dealkylation sites (tertiary alicyclic amines) is 1. The highest BCUT2D eigenvalue weighted by Gasteiger charge is 2.44. The first kappa shape index (κ1) is 18.9. The molecule has 1 unspecified atom stereocenters.